The Labute approximate surface area is 138 Å². The van der Waals surface area contributed by atoms with Crippen molar-refractivity contribution in [3.8, 4) is 0 Å². The summed E-state index contributed by atoms with van der Waals surface area (Å²) < 4.78 is 5.43. The van der Waals surface area contributed by atoms with Crippen LogP contribution < -0.4 is 11.1 Å². The number of likely N-dealkylation sites (tertiary alicyclic amines) is 1. The zero-order chi connectivity index (χ0) is 16.1. The smallest absolute Gasteiger partial charge is 0.317 e. The highest BCUT2D eigenvalue weighted by Crippen LogP contribution is 2.34. The molecule has 126 valence electrons. The summed E-state index contributed by atoms with van der Waals surface area (Å²) in [6.07, 6.45) is 3.87. The van der Waals surface area contributed by atoms with Gasteiger partial charge in [0.25, 0.3) is 0 Å². The molecule has 2 heterocycles. The number of nitrogens with one attached hydrogen (secondary N) is 1. The molecule has 0 bridgehead atoms. The minimum atomic E-state index is 0.00594. The van der Waals surface area contributed by atoms with Gasteiger partial charge in [-0.25, -0.2) is 4.79 Å². The number of hydrogen-bond donors (Lipinski definition) is 2. The Morgan fingerprint density at radius 2 is 2.04 bits per heavy atom. The second-order valence-electron chi connectivity index (χ2n) is 6.70. The molecule has 0 radical (unpaired) electrons. The quantitative estimate of drug-likeness (QED) is 0.894. The number of hydrogen-bond acceptors (Lipinski definition) is 3. The highest BCUT2D eigenvalue weighted by Gasteiger charge is 2.36. The first-order valence-electron chi connectivity index (χ1n) is 8.62. The van der Waals surface area contributed by atoms with Crippen LogP contribution in [0.25, 0.3) is 0 Å². The third-order valence-corrected chi connectivity index (χ3v) is 5.27. The average Bonchev–Trinajstić information content (AvgIpc) is 2.63. The molecule has 2 saturated heterocycles. The summed E-state index contributed by atoms with van der Waals surface area (Å²) in [4.78, 5) is 14.4. The average molecular weight is 317 g/mol. The number of carbonyl (C=O) groups excluding carboxylic acids is 1. The second kappa shape index (κ2) is 7.32. The molecule has 5 heteroatoms. The molecule has 2 fully saturated rings. The van der Waals surface area contributed by atoms with E-state index in [1.54, 1.807) is 0 Å². The Balaban J connectivity index is 1.57. The van der Waals surface area contributed by atoms with Crippen LogP contribution in [-0.4, -0.2) is 49.8 Å². The van der Waals surface area contributed by atoms with E-state index in [1.807, 2.05) is 11.0 Å². The molecule has 23 heavy (non-hydrogen) atoms. The molecule has 5 nitrogen and oxygen atoms in total. The lowest BCUT2D eigenvalue weighted by atomic mass is 9.73. The van der Waals surface area contributed by atoms with Crippen LogP contribution in [0.15, 0.2) is 30.3 Å². The minimum Gasteiger partial charge on any atom is -0.379 e. The summed E-state index contributed by atoms with van der Waals surface area (Å²) in [5.41, 5.74) is 7.41. The van der Waals surface area contributed by atoms with Crippen molar-refractivity contribution in [1.82, 2.24) is 10.2 Å². The lowest BCUT2D eigenvalue weighted by Gasteiger charge is -2.42. The fraction of sp³-hybridized carbons (Fsp3) is 0.611. The number of piperidine rings is 1. The molecule has 0 saturated carbocycles. The summed E-state index contributed by atoms with van der Waals surface area (Å²) in [6, 6.07) is 10.7. The summed E-state index contributed by atoms with van der Waals surface area (Å²) in [7, 11) is 0. The van der Waals surface area contributed by atoms with Crippen LogP contribution in [-0.2, 0) is 10.2 Å². The first kappa shape index (κ1) is 16.3. The molecule has 2 amide bonds. The fourth-order valence-electron chi connectivity index (χ4n) is 3.66. The van der Waals surface area contributed by atoms with E-state index in [-0.39, 0.29) is 17.5 Å². The van der Waals surface area contributed by atoms with E-state index in [0.29, 0.717) is 13.2 Å². The van der Waals surface area contributed by atoms with E-state index in [4.69, 9.17) is 10.5 Å². The van der Waals surface area contributed by atoms with Crippen molar-refractivity contribution in [3.63, 3.8) is 0 Å². The van der Waals surface area contributed by atoms with Gasteiger partial charge in [-0.3, -0.25) is 0 Å². The van der Waals surface area contributed by atoms with Crippen LogP contribution in [0.3, 0.4) is 0 Å². The van der Waals surface area contributed by atoms with Gasteiger partial charge in [-0.15, -0.1) is 0 Å². The maximum atomic E-state index is 12.4. The van der Waals surface area contributed by atoms with Crippen molar-refractivity contribution in [2.45, 2.75) is 37.1 Å². The molecule has 0 aliphatic carbocycles. The normalized spacial score (nSPS) is 24.2. The van der Waals surface area contributed by atoms with Gasteiger partial charge in [0.2, 0.25) is 0 Å². The van der Waals surface area contributed by atoms with Gasteiger partial charge >= 0.3 is 6.03 Å². The number of rotatable bonds is 3. The second-order valence-corrected chi connectivity index (χ2v) is 6.70. The van der Waals surface area contributed by atoms with Gasteiger partial charge in [-0.2, -0.15) is 0 Å². The zero-order valence-corrected chi connectivity index (χ0v) is 13.7. The number of nitrogens with two attached hydrogens (primary N) is 1. The summed E-state index contributed by atoms with van der Waals surface area (Å²) >= 11 is 0. The maximum Gasteiger partial charge on any atom is 0.317 e. The van der Waals surface area contributed by atoms with E-state index in [1.165, 1.54) is 5.56 Å². The number of benzene rings is 1. The zero-order valence-electron chi connectivity index (χ0n) is 13.7. The van der Waals surface area contributed by atoms with E-state index < -0.39 is 0 Å². The highest BCUT2D eigenvalue weighted by molar-refractivity contribution is 5.74. The van der Waals surface area contributed by atoms with E-state index >= 15 is 0 Å². The fourth-order valence-corrected chi connectivity index (χ4v) is 3.66. The molecule has 3 N–H and O–H groups in total. The molecule has 0 unspecified atom stereocenters. The Hall–Kier alpha value is -1.59. The van der Waals surface area contributed by atoms with Crippen LogP contribution in [0.5, 0.6) is 0 Å². The monoisotopic (exact) mass is 317 g/mol. The van der Waals surface area contributed by atoms with E-state index in [9.17, 15) is 4.79 Å². The van der Waals surface area contributed by atoms with Crippen molar-refractivity contribution >= 4 is 6.03 Å². The first-order chi connectivity index (χ1) is 11.2. The van der Waals surface area contributed by atoms with Gasteiger partial charge in [0, 0.05) is 31.7 Å². The molecule has 2 aliphatic heterocycles. The van der Waals surface area contributed by atoms with Crippen molar-refractivity contribution in [2.24, 2.45) is 5.73 Å². The van der Waals surface area contributed by atoms with Crippen LogP contribution in [0.1, 0.15) is 31.2 Å². The molecule has 2 aliphatic rings. The van der Waals surface area contributed by atoms with Crippen LogP contribution >= 0.6 is 0 Å². The predicted octanol–water partition coefficient (Wildman–Crippen LogP) is 1.87. The largest absolute Gasteiger partial charge is 0.379 e. The van der Waals surface area contributed by atoms with Crippen LogP contribution in [0.4, 0.5) is 4.79 Å². The maximum absolute atomic E-state index is 12.4. The van der Waals surface area contributed by atoms with Gasteiger partial charge < -0.3 is 20.7 Å². The van der Waals surface area contributed by atoms with E-state index in [2.05, 4.69) is 29.6 Å². The van der Waals surface area contributed by atoms with Crippen molar-refractivity contribution in [2.75, 3.05) is 32.8 Å². The van der Waals surface area contributed by atoms with Gasteiger partial charge in [-0.1, -0.05) is 30.3 Å². The molecule has 0 aromatic heterocycles. The van der Waals surface area contributed by atoms with Crippen molar-refractivity contribution < 1.29 is 9.53 Å². The minimum absolute atomic E-state index is 0.00594. The number of ether oxygens (including phenoxy) is 1. The third-order valence-electron chi connectivity index (χ3n) is 5.27. The third kappa shape index (κ3) is 3.67. The summed E-state index contributed by atoms with van der Waals surface area (Å²) in [5, 5.41) is 3.10. The van der Waals surface area contributed by atoms with Gasteiger partial charge in [0.05, 0.1) is 12.6 Å². The van der Waals surface area contributed by atoms with Crippen LogP contribution in [0.2, 0.25) is 0 Å². The molecule has 3 rings (SSSR count). The standard InChI is InChI=1S/C18H27N3O2/c19-14-18(15-5-2-1-3-6-15)8-10-21(11-9-18)17(22)20-16-7-4-12-23-13-16/h1-3,5-6,16H,4,7-14,19H2,(H,20,22)/t16-/m0/s1. The van der Waals surface area contributed by atoms with Crippen molar-refractivity contribution in [3.05, 3.63) is 35.9 Å². The van der Waals surface area contributed by atoms with Crippen LogP contribution in [0, 0.1) is 0 Å². The van der Waals surface area contributed by atoms with Gasteiger partial charge in [0.1, 0.15) is 0 Å². The number of carbonyl (C=O) groups is 1. The molecular weight excluding hydrogens is 290 g/mol. The lowest BCUT2D eigenvalue weighted by molar-refractivity contribution is 0.0691. The Morgan fingerprint density at radius 1 is 1.30 bits per heavy atom. The number of nitrogens with zero attached hydrogens (tertiary/aromatic N) is 1. The van der Waals surface area contributed by atoms with Gasteiger partial charge in [-0.05, 0) is 31.2 Å². The molecule has 0 spiro atoms. The summed E-state index contributed by atoms with van der Waals surface area (Å²) in [5.74, 6) is 0. The first-order valence-corrected chi connectivity index (χ1v) is 8.62. The Bertz CT molecular complexity index is 506. The topological polar surface area (TPSA) is 67.6 Å². The lowest BCUT2D eigenvalue weighted by Crippen LogP contribution is -2.53. The molecule has 1 aromatic rings. The predicted molar refractivity (Wildman–Crippen MR) is 90.4 cm³/mol. The van der Waals surface area contributed by atoms with E-state index in [0.717, 1.165) is 45.4 Å². The number of urea groups is 1. The summed E-state index contributed by atoms with van der Waals surface area (Å²) in [6.45, 7) is 3.59. The highest BCUT2D eigenvalue weighted by atomic mass is 16.5. The molecular formula is C18H27N3O2. The molecule has 1 atom stereocenters. The van der Waals surface area contributed by atoms with Crippen molar-refractivity contribution in [1.29, 1.82) is 0 Å². The SMILES string of the molecule is NCC1(c2ccccc2)CCN(C(=O)N[C@H]2CCCOC2)CC1. The number of amides is 2. The Kier molecular flexibility index (Phi) is 5.18. The molecule has 1 aromatic carbocycles. The van der Waals surface area contributed by atoms with Gasteiger partial charge in [0.15, 0.2) is 0 Å². The Morgan fingerprint density at radius 3 is 2.65 bits per heavy atom.